The summed E-state index contributed by atoms with van der Waals surface area (Å²) in [5.74, 6) is -1.51. The summed E-state index contributed by atoms with van der Waals surface area (Å²) in [6, 6.07) is -0.623. The van der Waals surface area contributed by atoms with Crippen LogP contribution in [0.4, 0.5) is 0 Å². The number of likely N-dealkylation sites (N-methyl/N-ethyl adjacent to an activating group) is 1. The summed E-state index contributed by atoms with van der Waals surface area (Å²) in [4.78, 5) is 37.0. The molecular weight excluding hydrogens is 739 g/mol. The summed E-state index contributed by atoms with van der Waals surface area (Å²) in [5.41, 5.74) is 0. The largest absolute Gasteiger partial charge is 0.477 e. The molecule has 1 N–H and O–H groups in total. The molecule has 0 bridgehead atoms. The number of carbonyl (C=O) groups excluding carboxylic acids is 2. The van der Waals surface area contributed by atoms with Gasteiger partial charge in [0.1, 0.15) is 6.61 Å². The van der Waals surface area contributed by atoms with Crippen LogP contribution >= 0.6 is 0 Å². The molecule has 0 amide bonds. The number of carboxylic acids is 1. The molecule has 0 saturated heterocycles. The zero-order valence-corrected chi connectivity index (χ0v) is 38.2. The molecule has 0 rings (SSSR count). The molecule has 59 heavy (non-hydrogen) atoms. The number of nitrogens with zero attached hydrogens (tertiary/aromatic N) is 1. The minimum atomic E-state index is -0.883. The summed E-state index contributed by atoms with van der Waals surface area (Å²) < 4.78 is 17.3. The molecule has 0 heterocycles. The monoisotopic (exact) mass is 825 g/mol. The third kappa shape index (κ3) is 39.7. The second-order valence-corrected chi connectivity index (χ2v) is 16.2. The molecule has 0 aliphatic rings. The molecule has 8 nitrogen and oxygen atoms in total. The molecule has 336 valence electrons. The maximum atomic E-state index is 12.7. The second kappa shape index (κ2) is 41.3. The van der Waals surface area contributed by atoms with Crippen molar-refractivity contribution < 1.29 is 38.2 Å². The van der Waals surface area contributed by atoms with Gasteiger partial charge in [0.25, 0.3) is 0 Å². The van der Waals surface area contributed by atoms with Crippen LogP contribution in [-0.2, 0) is 28.6 Å². The summed E-state index contributed by atoms with van der Waals surface area (Å²) in [6.45, 7) is 4.47. The number of hydrogen-bond acceptors (Lipinski definition) is 6. The van der Waals surface area contributed by atoms with Crippen molar-refractivity contribution in [1.82, 2.24) is 0 Å². The molecule has 0 radical (unpaired) electrons. The van der Waals surface area contributed by atoms with Crippen LogP contribution < -0.4 is 0 Å². The van der Waals surface area contributed by atoms with Crippen LogP contribution in [0.3, 0.4) is 0 Å². The number of aliphatic carboxylic acids is 1. The van der Waals surface area contributed by atoms with Gasteiger partial charge in [-0.15, -0.1) is 0 Å². The van der Waals surface area contributed by atoms with Crippen LogP contribution in [0.1, 0.15) is 168 Å². The molecular formula is C51H86NO7+. The lowest BCUT2D eigenvalue weighted by molar-refractivity contribution is -0.887. The molecule has 8 heteroatoms. The fourth-order valence-corrected chi connectivity index (χ4v) is 6.27. The van der Waals surface area contributed by atoms with E-state index in [0.717, 1.165) is 109 Å². The fourth-order valence-electron chi connectivity index (χ4n) is 6.27. The number of allylic oxidation sites excluding steroid dienone is 14. The van der Waals surface area contributed by atoms with Crippen molar-refractivity contribution in [2.45, 2.75) is 180 Å². The summed E-state index contributed by atoms with van der Waals surface area (Å²) >= 11 is 0. The molecule has 2 atom stereocenters. The zero-order valence-electron chi connectivity index (χ0n) is 38.2. The van der Waals surface area contributed by atoms with Gasteiger partial charge in [-0.2, -0.15) is 0 Å². The van der Waals surface area contributed by atoms with Gasteiger partial charge in [0.05, 0.1) is 34.4 Å². The first-order chi connectivity index (χ1) is 28.6. The first kappa shape index (κ1) is 55.5. The first-order valence-electron chi connectivity index (χ1n) is 23.1. The molecule has 0 aliphatic heterocycles. The first-order valence-corrected chi connectivity index (χ1v) is 23.1. The molecule has 0 spiro atoms. The SMILES string of the molecule is CC/C=C/C/C=C/C/C=C/C/C=C/C/C=C/CCCCCCCCCC(=O)OCC(COCCC(C(=O)O)[N+](C)(C)C)OC(=O)CCCCCCC/C=C/C/C=C/CC. The van der Waals surface area contributed by atoms with E-state index in [1.165, 1.54) is 25.7 Å². The topological polar surface area (TPSA) is 99.1 Å². The number of quaternary nitrogens is 1. The van der Waals surface area contributed by atoms with E-state index in [9.17, 15) is 19.5 Å². The lowest BCUT2D eigenvalue weighted by Gasteiger charge is -2.31. The average molecular weight is 825 g/mol. The van der Waals surface area contributed by atoms with E-state index in [0.29, 0.717) is 19.3 Å². The van der Waals surface area contributed by atoms with Gasteiger partial charge in [-0.05, 0) is 83.5 Å². The third-order valence-electron chi connectivity index (χ3n) is 9.79. The fraction of sp³-hybridized carbons (Fsp3) is 0.667. The van der Waals surface area contributed by atoms with Gasteiger partial charge in [-0.3, -0.25) is 9.59 Å². The lowest BCUT2D eigenvalue weighted by Crippen LogP contribution is -2.50. The Hall–Kier alpha value is -3.49. The van der Waals surface area contributed by atoms with Gasteiger partial charge in [-0.25, -0.2) is 4.79 Å². The highest BCUT2D eigenvalue weighted by molar-refractivity contribution is 5.72. The van der Waals surface area contributed by atoms with E-state index in [2.05, 4.69) is 98.9 Å². The predicted octanol–water partition coefficient (Wildman–Crippen LogP) is 12.9. The molecule has 0 aromatic rings. The molecule has 0 aromatic heterocycles. The Morgan fingerprint density at radius 2 is 0.898 bits per heavy atom. The molecule has 0 aliphatic carbocycles. The number of carboxylic acid groups (broad SMARTS) is 1. The Labute approximate surface area is 361 Å². The highest BCUT2D eigenvalue weighted by Crippen LogP contribution is 2.13. The van der Waals surface area contributed by atoms with Crippen molar-refractivity contribution in [3.05, 3.63) is 85.1 Å². The van der Waals surface area contributed by atoms with Gasteiger partial charge in [0.2, 0.25) is 0 Å². The number of carbonyl (C=O) groups is 3. The lowest BCUT2D eigenvalue weighted by atomic mass is 10.1. The van der Waals surface area contributed by atoms with Gasteiger partial charge in [0, 0.05) is 19.3 Å². The Morgan fingerprint density at radius 1 is 0.508 bits per heavy atom. The molecule has 2 unspecified atom stereocenters. The van der Waals surface area contributed by atoms with Crippen molar-refractivity contribution in [3.8, 4) is 0 Å². The Kier molecular flexibility index (Phi) is 38.8. The minimum absolute atomic E-state index is 0.0470. The van der Waals surface area contributed by atoms with Crippen molar-refractivity contribution in [1.29, 1.82) is 0 Å². The number of hydrogen-bond donors (Lipinski definition) is 1. The van der Waals surface area contributed by atoms with E-state index in [1.54, 1.807) is 0 Å². The Bertz CT molecular complexity index is 1240. The molecule has 0 saturated carbocycles. The van der Waals surface area contributed by atoms with Gasteiger partial charge in [0.15, 0.2) is 12.1 Å². The van der Waals surface area contributed by atoms with Crippen LogP contribution in [0.2, 0.25) is 0 Å². The average Bonchev–Trinajstić information content (AvgIpc) is 3.19. The smallest absolute Gasteiger partial charge is 0.362 e. The van der Waals surface area contributed by atoms with E-state index in [4.69, 9.17) is 14.2 Å². The zero-order chi connectivity index (χ0) is 43.5. The number of rotatable bonds is 40. The van der Waals surface area contributed by atoms with Crippen molar-refractivity contribution >= 4 is 17.9 Å². The molecule has 0 aromatic carbocycles. The van der Waals surface area contributed by atoms with E-state index in [1.807, 2.05) is 21.1 Å². The van der Waals surface area contributed by atoms with E-state index in [-0.39, 0.29) is 36.2 Å². The maximum Gasteiger partial charge on any atom is 0.362 e. The Morgan fingerprint density at radius 3 is 1.32 bits per heavy atom. The van der Waals surface area contributed by atoms with Crippen LogP contribution in [0, 0.1) is 0 Å². The number of ether oxygens (including phenoxy) is 3. The van der Waals surface area contributed by atoms with E-state index < -0.39 is 18.1 Å². The minimum Gasteiger partial charge on any atom is -0.477 e. The highest BCUT2D eigenvalue weighted by Gasteiger charge is 2.31. The van der Waals surface area contributed by atoms with Crippen molar-refractivity contribution in [2.75, 3.05) is 41.0 Å². The molecule has 0 fully saturated rings. The third-order valence-corrected chi connectivity index (χ3v) is 9.79. The number of esters is 2. The van der Waals surface area contributed by atoms with Crippen LogP contribution in [0.15, 0.2) is 85.1 Å². The number of unbranched alkanes of at least 4 members (excludes halogenated alkanes) is 12. The van der Waals surface area contributed by atoms with Crippen LogP contribution in [0.25, 0.3) is 0 Å². The van der Waals surface area contributed by atoms with Crippen molar-refractivity contribution in [3.63, 3.8) is 0 Å². The van der Waals surface area contributed by atoms with Crippen LogP contribution in [0.5, 0.6) is 0 Å². The Balaban J connectivity index is 4.29. The summed E-state index contributed by atoms with van der Waals surface area (Å²) in [6.07, 6.45) is 53.4. The predicted molar refractivity (Wildman–Crippen MR) is 247 cm³/mol. The van der Waals surface area contributed by atoms with Gasteiger partial charge < -0.3 is 23.8 Å². The second-order valence-electron chi connectivity index (χ2n) is 16.2. The summed E-state index contributed by atoms with van der Waals surface area (Å²) in [7, 11) is 5.51. The quantitative estimate of drug-likeness (QED) is 0.0284. The maximum absolute atomic E-state index is 12.7. The normalized spacial score (nSPS) is 13.7. The van der Waals surface area contributed by atoms with E-state index >= 15 is 0 Å². The summed E-state index contributed by atoms with van der Waals surface area (Å²) in [5, 5.41) is 9.62. The van der Waals surface area contributed by atoms with Gasteiger partial charge >= 0.3 is 17.9 Å². The van der Waals surface area contributed by atoms with Crippen molar-refractivity contribution in [2.24, 2.45) is 0 Å². The highest BCUT2D eigenvalue weighted by atomic mass is 16.6. The van der Waals surface area contributed by atoms with Crippen LogP contribution in [-0.4, -0.2) is 80.6 Å². The standard InChI is InChI=1S/C51H85NO7/c1-6-8-10-12-14-16-18-20-21-22-23-24-25-26-27-28-29-30-32-33-35-37-39-41-49(53)58-46-47(45-57-44-43-48(51(55)56)52(3,4)5)59-50(54)42-40-38-36-34-31-19-17-15-13-11-9-7-2/h8-11,14-17,20-21,23-24,26-27,47-48H,6-7,12-13,18-19,22,25,28-46H2,1-5H3/p+1/b10-8+,11-9+,16-14+,17-15+,21-20+,24-23+,27-26+. The van der Waals surface area contributed by atoms with Gasteiger partial charge in [-0.1, -0.05) is 150 Å².